The van der Waals surface area contributed by atoms with Gasteiger partial charge < -0.3 is 15.0 Å². The van der Waals surface area contributed by atoms with E-state index < -0.39 is 6.61 Å². The lowest BCUT2D eigenvalue weighted by molar-refractivity contribution is -0.0487. The topological polar surface area (TPSA) is 24.5 Å². The zero-order chi connectivity index (χ0) is 18.3. The zero-order valence-electron chi connectivity index (χ0n) is 14.7. The highest BCUT2D eigenvalue weighted by Crippen LogP contribution is 2.43. The van der Waals surface area contributed by atoms with Gasteiger partial charge in [-0.25, -0.2) is 0 Å². The molecular weight excluding hydrogens is 334 g/mol. The van der Waals surface area contributed by atoms with Crippen LogP contribution in [-0.2, 0) is 0 Å². The molecule has 0 atom stereocenters. The molecule has 1 heterocycles. The van der Waals surface area contributed by atoms with Gasteiger partial charge in [0.15, 0.2) is 0 Å². The maximum absolute atomic E-state index is 12.8. The van der Waals surface area contributed by atoms with E-state index in [1.54, 1.807) is 6.07 Å². The lowest BCUT2D eigenvalue weighted by Gasteiger charge is -2.42. The smallest absolute Gasteiger partial charge is 0.387 e. The van der Waals surface area contributed by atoms with Gasteiger partial charge in [0.05, 0.1) is 11.4 Å². The minimum absolute atomic E-state index is 0.131. The number of anilines is 3. The largest absolute Gasteiger partial charge is 0.434 e. The van der Waals surface area contributed by atoms with Crippen LogP contribution in [0.3, 0.4) is 0 Å². The molecule has 1 N–H and O–H groups in total. The number of ether oxygens (including phenoxy) is 1. The second-order valence-corrected chi connectivity index (χ2v) is 7.12. The van der Waals surface area contributed by atoms with E-state index in [9.17, 15) is 8.78 Å². The SMILES string of the molecule is CC1(C)CN(c2ccc(OC(F)F)c3ccccc23)c2ccccc2N1. The molecule has 1 aliphatic heterocycles. The van der Waals surface area contributed by atoms with Crippen molar-refractivity contribution in [1.82, 2.24) is 0 Å². The lowest BCUT2D eigenvalue weighted by Crippen LogP contribution is -2.46. The number of para-hydroxylation sites is 2. The number of nitrogens with zero attached hydrogens (tertiary/aromatic N) is 1. The monoisotopic (exact) mass is 354 g/mol. The third kappa shape index (κ3) is 2.94. The molecular formula is C21H20F2N2O. The first-order valence-corrected chi connectivity index (χ1v) is 8.56. The number of fused-ring (bicyclic) bond motifs is 2. The Morgan fingerprint density at radius 1 is 0.923 bits per heavy atom. The Morgan fingerprint density at radius 2 is 1.62 bits per heavy atom. The Kier molecular flexibility index (Phi) is 3.94. The molecule has 1 aliphatic rings. The summed E-state index contributed by atoms with van der Waals surface area (Å²) in [5, 5.41) is 5.12. The first kappa shape index (κ1) is 16.6. The Labute approximate surface area is 151 Å². The normalized spacial score (nSPS) is 15.7. The predicted octanol–water partition coefficient (Wildman–Crippen LogP) is 5.78. The van der Waals surface area contributed by atoms with E-state index in [4.69, 9.17) is 4.74 Å². The number of alkyl halides is 2. The van der Waals surface area contributed by atoms with Gasteiger partial charge in [0.1, 0.15) is 5.75 Å². The van der Waals surface area contributed by atoms with E-state index in [1.165, 1.54) is 0 Å². The van der Waals surface area contributed by atoms with Crippen molar-refractivity contribution in [3.05, 3.63) is 60.7 Å². The molecule has 0 unspecified atom stereocenters. The van der Waals surface area contributed by atoms with Crippen molar-refractivity contribution in [3.8, 4) is 5.75 Å². The molecule has 0 spiro atoms. The molecule has 0 amide bonds. The summed E-state index contributed by atoms with van der Waals surface area (Å²) in [7, 11) is 0. The summed E-state index contributed by atoms with van der Waals surface area (Å²) in [5.41, 5.74) is 2.97. The average molecular weight is 354 g/mol. The fourth-order valence-electron chi connectivity index (χ4n) is 3.60. The van der Waals surface area contributed by atoms with E-state index in [2.05, 4.69) is 36.2 Å². The van der Waals surface area contributed by atoms with Gasteiger partial charge in [-0.05, 0) is 38.1 Å². The Morgan fingerprint density at radius 3 is 2.38 bits per heavy atom. The fourth-order valence-corrected chi connectivity index (χ4v) is 3.60. The van der Waals surface area contributed by atoms with Crippen LogP contribution in [0.1, 0.15) is 13.8 Å². The first-order chi connectivity index (χ1) is 12.4. The van der Waals surface area contributed by atoms with Crippen LogP contribution in [-0.4, -0.2) is 18.7 Å². The van der Waals surface area contributed by atoms with E-state index in [-0.39, 0.29) is 11.3 Å². The first-order valence-electron chi connectivity index (χ1n) is 8.56. The van der Waals surface area contributed by atoms with Gasteiger partial charge in [-0.1, -0.05) is 36.4 Å². The van der Waals surface area contributed by atoms with Crippen LogP contribution in [0, 0.1) is 0 Å². The highest BCUT2D eigenvalue weighted by molar-refractivity contribution is 6.01. The van der Waals surface area contributed by atoms with Crippen molar-refractivity contribution < 1.29 is 13.5 Å². The van der Waals surface area contributed by atoms with E-state index in [0.717, 1.165) is 29.0 Å². The lowest BCUT2D eigenvalue weighted by atomic mass is 9.97. The molecule has 0 saturated heterocycles. The molecule has 0 saturated carbocycles. The van der Waals surface area contributed by atoms with Gasteiger partial charge in [0, 0.05) is 28.5 Å². The van der Waals surface area contributed by atoms with Gasteiger partial charge in [0.25, 0.3) is 0 Å². The van der Waals surface area contributed by atoms with Crippen LogP contribution in [0.15, 0.2) is 60.7 Å². The second kappa shape index (κ2) is 6.16. The Bertz CT molecular complexity index is 956. The molecule has 3 aromatic rings. The quantitative estimate of drug-likeness (QED) is 0.645. The molecule has 0 bridgehead atoms. The van der Waals surface area contributed by atoms with Gasteiger partial charge >= 0.3 is 6.61 Å². The van der Waals surface area contributed by atoms with Crippen LogP contribution in [0.4, 0.5) is 25.8 Å². The van der Waals surface area contributed by atoms with Crippen LogP contribution in [0.2, 0.25) is 0 Å². The van der Waals surface area contributed by atoms with E-state index in [1.807, 2.05) is 42.5 Å². The van der Waals surface area contributed by atoms with Gasteiger partial charge in [0.2, 0.25) is 0 Å². The van der Waals surface area contributed by atoms with Crippen LogP contribution in [0.25, 0.3) is 10.8 Å². The third-order valence-electron chi connectivity index (χ3n) is 4.59. The maximum atomic E-state index is 12.8. The van der Waals surface area contributed by atoms with Crippen molar-refractivity contribution in [1.29, 1.82) is 0 Å². The van der Waals surface area contributed by atoms with Crippen LogP contribution in [0.5, 0.6) is 5.75 Å². The molecule has 3 aromatic carbocycles. The molecule has 5 heteroatoms. The molecule has 0 radical (unpaired) electrons. The fraction of sp³-hybridized carbons (Fsp3) is 0.238. The van der Waals surface area contributed by atoms with Gasteiger partial charge in [-0.15, -0.1) is 0 Å². The van der Waals surface area contributed by atoms with E-state index >= 15 is 0 Å². The summed E-state index contributed by atoms with van der Waals surface area (Å²) in [4.78, 5) is 2.24. The summed E-state index contributed by atoms with van der Waals surface area (Å²) < 4.78 is 30.2. The van der Waals surface area contributed by atoms with Crippen molar-refractivity contribution in [3.63, 3.8) is 0 Å². The number of hydrogen-bond acceptors (Lipinski definition) is 3. The highest BCUT2D eigenvalue weighted by atomic mass is 19.3. The van der Waals surface area contributed by atoms with Crippen LogP contribution < -0.4 is 15.0 Å². The predicted molar refractivity (Wildman–Crippen MR) is 102 cm³/mol. The molecule has 26 heavy (non-hydrogen) atoms. The summed E-state index contributed by atoms with van der Waals surface area (Å²) in [6.45, 7) is 2.20. The third-order valence-corrected chi connectivity index (χ3v) is 4.59. The second-order valence-electron chi connectivity index (χ2n) is 7.12. The number of nitrogens with one attached hydrogen (secondary N) is 1. The Hall–Kier alpha value is -2.82. The molecule has 4 rings (SSSR count). The summed E-state index contributed by atoms with van der Waals surface area (Å²) in [5.74, 6) is 0.196. The average Bonchev–Trinajstić information content (AvgIpc) is 2.60. The number of benzene rings is 3. The van der Waals surface area contributed by atoms with E-state index in [0.29, 0.717) is 5.39 Å². The summed E-state index contributed by atoms with van der Waals surface area (Å²) >= 11 is 0. The standard InChI is InChI=1S/C21H20F2N2O/c1-21(2)13-25(18-10-6-5-9-16(18)24-21)17-11-12-19(26-20(22)23)15-8-4-3-7-14(15)17/h3-12,20,24H,13H2,1-2H3. The van der Waals surface area contributed by atoms with Crippen molar-refractivity contribution >= 4 is 27.8 Å². The minimum atomic E-state index is -2.84. The van der Waals surface area contributed by atoms with Crippen molar-refractivity contribution in [2.75, 3.05) is 16.8 Å². The zero-order valence-corrected chi connectivity index (χ0v) is 14.7. The molecule has 3 nitrogen and oxygen atoms in total. The highest BCUT2D eigenvalue weighted by Gasteiger charge is 2.31. The summed E-state index contributed by atoms with van der Waals surface area (Å²) in [6.07, 6.45) is 0. The minimum Gasteiger partial charge on any atom is -0.434 e. The van der Waals surface area contributed by atoms with Crippen LogP contribution >= 0.6 is 0 Å². The molecule has 134 valence electrons. The number of halogens is 2. The van der Waals surface area contributed by atoms with Crippen molar-refractivity contribution in [2.24, 2.45) is 0 Å². The maximum Gasteiger partial charge on any atom is 0.387 e. The number of rotatable bonds is 3. The summed E-state index contributed by atoms with van der Waals surface area (Å²) in [6, 6.07) is 19.1. The van der Waals surface area contributed by atoms with Gasteiger partial charge in [-0.2, -0.15) is 8.78 Å². The van der Waals surface area contributed by atoms with Crippen molar-refractivity contribution in [2.45, 2.75) is 26.0 Å². The number of hydrogen-bond donors (Lipinski definition) is 1. The molecule has 0 aliphatic carbocycles. The van der Waals surface area contributed by atoms with Gasteiger partial charge in [-0.3, -0.25) is 0 Å². The molecule has 0 aromatic heterocycles. The Balaban J connectivity index is 1.90. The molecule has 0 fully saturated rings.